The van der Waals surface area contributed by atoms with E-state index in [1.807, 2.05) is 19.9 Å². The van der Waals surface area contributed by atoms with Crippen LogP contribution >= 0.6 is 11.8 Å². The lowest BCUT2D eigenvalue weighted by atomic mass is 9.89. The monoisotopic (exact) mass is 347 g/mol. The molecule has 0 spiro atoms. The molecule has 2 heterocycles. The van der Waals surface area contributed by atoms with Crippen LogP contribution < -0.4 is 5.32 Å². The number of aromatic nitrogens is 4. The molecule has 0 radical (unpaired) electrons. The Bertz CT molecular complexity index is 767. The lowest BCUT2D eigenvalue weighted by Gasteiger charge is -2.20. The van der Waals surface area contributed by atoms with Crippen LogP contribution in [-0.2, 0) is 9.59 Å². The molecule has 1 N–H and O–H groups in total. The maximum atomic E-state index is 12.1. The number of aryl methyl sites for hydroxylation is 2. The normalized spacial score (nSPS) is 15.6. The fourth-order valence-electron chi connectivity index (χ4n) is 2.98. The molecule has 0 bridgehead atoms. The van der Waals surface area contributed by atoms with Crippen molar-refractivity contribution in [2.45, 2.75) is 51.1 Å². The minimum absolute atomic E-state index is 0.0177. The van der Waals surface area contributed by atoms with E-state index in [0.717, 1.165) is 37.1 Å². The van der Waals surface area contributed by atoms with E-state index in [2.05, 4.69) is 20.4 Å². The van der Waals surface area contributed by atoms with Gasteiger partial charge in [0.15, 0.2) is 0 Å². The van der Waals surface area contributed by atoms with Gasteiger partial charge in [0, 0.05) is 17.3 Å². The summed E-state index contributed by atoms with van der Waals surface area (Å²) in [7, 11) is 0. The SMILES string of the molecule is Cc1cc(C)n2nc(SCC(=O)NC(=O)C3CCCCC3)nc2n1. The van der Waals surface area contributed by atoms with Crippen molar-refractivity contribution in [2.75, 3.05) is 5.75 Å². The molecule has 1 aliphatic carbocycles. The molecule has 1 saturated carbocycles. The first-order valence-corrected chi connectivity index (χ1v) is 9.19. The van der Waals surface area contributed by atoms with Crippen LogP contribution in [0, 0.1) is 19.8 Å². The molecule has 0 saturated heterocycles. The highest BCUT2D eigenvalue weighted by Gasteiger charge is 2.22. The number of hydrogen-bond acceptors (Lipinski definition) is 6. The second-order valence-corrected chi connectivity index (χ2v) is 7.12. The standard InChI is InChI=1S/C16H21N5O2S/c1-10-8-11(2)21-15(17-10)19-16(20-21)24-9-13(22)18-14(23)12-6-4-3-5-7-12/h8,12H,3-7,9H2,1-2H3,(H,18,22,23). The predicted octanol–water partition coefficient (Wildman–Crippen LogP) is 2.06. The van der Waals surface area contributed by atoms with Gasteiger partial charge < -0.3 is 0 Å². The van der Waals surface area contributed by atoms with Crippen molar-refractivity contribution >= 4 is 29.4 Å². The molecule has 128 valence electrons. The Morgan fingerprint density at radius 3 is 2.75 bits per heavy atom. The van der Waals surface area contributed by atoms with Crippen molar-refractivity contribution in [1.29, 1.82) is 0 Å². The minimum Gasteiger partial charge on any atom is -0.295 e. The fourth-order valence-corrected chi connectivity index (χ4v) is 3.60. The Balaban J connectivity index is 1.56. The quantitative estimate of drug-likeness (QED) is 0.852. The Kier molecular flexibility index (Phi) is 5.13. The van der Waals surface area contributed by atoms with Crippen LogP contribution in [0.5, 0.6) is 0 Å². The molecular weight excluding hydrogens is 326 g/mol. The molecular formula is C16H21N5O2S. The number of amides is 2. The van der Waals surface area contributed by atoms with E-state index in [1.165, 1.54) is 18.2 Å². The zero-order valence-electron chi connectivity index (χ0n) is 13.9. The molecule has 2 aromatic rings. The van der Waals surface area contributed by atoms with Gasteiger partial charge in [0.05, 0.1) is 5.75 Å². The Labute approximate surface area is 144 Å². The molecule has 7 nitrogen and oxygen atoms in total. The van der Waals surface area contributed by atoms with Crippen molar-refractivity contribution in [1.82, 2.24) is 24.9 Å². The maximum absolute atomic E-state index is 12.1. The van der Waals surface area contributed by atoms with Crippen LogP contribution in [0.15, 0.2) is 11.2 Å². The summed E-state index contributed by atoms with van der Waals surface area (Å²) in [5.74, 6) is 0.184. The summed E-state index contributed by atoms with van der Waals surface area (Å²) in [5.41, 5.74) is 1.81. The summed E-state index contributed by atoms with van der Waals surface area (Å²) in [4.78, 5) is 32.7. The molecule has 0 atom stereocenters. The van der Waals surface area contributed by atoms with Crippen LogP contribution in [0.2, 0.25) is 0 Å². The highest BCUT2D eigenvalue weighted by atomic mass is 32.2. The summed E-state index contributed by atoms with van der Waals surface area (Å²) in [6.45, 7) is 3.83. The van der Waals surface area contributed by atoms with Crippen LogP contribution in [-0.4, -0.2) is 37.1 Å². The third-order valence-electron chi connectivity index (χ3n) is 4.17. The van der Waals surface area contributed by atoms with Gasteiger partial charge in [-0.05, 0) is 32.8 Å². The number of fused-ring (bicyclic) bond motifs is 1. The van der Waals surface area contributed by atoms with Gasteiger partial charge >= 0.3 is 0 Å². The summed E-state index contributed by atoms with van der Waals surface area (Å²) >= 11 is 1.21. The molecule has 3 rings (SSSR count). The minimum atomic E-state index is -0.296. The van der Waals surface area contributed by atoms with Gasteiger partial charge in [-0.2, -0.15) is 4.98 Å². The molecule has 2 aromatic heterocycles. The number of carbonyl (C=O) groups is 2. The van der Waals surface area contributed by atoms with Gasteiger partial charge in [-0.25, -0.2) is 9.50 Å². The average Bonchev–Trinajstić information content (AvgIpc) is 2.97. The smallest absolute Gasteiger partial charge is 0.253 e. The Hall–Kier alpha value is -1.96. The Morgan fingerprint density at radius 1 is 1.25 bits per heavy atom. The van der Waals surface area contributed by atoms with E-state index in [4.69, 9.17) is 0 Å². The number of thioether (sulfide) groups is 1. The van der Waals surface area contributed by atoms with Crippen LogP contribution in [0.3, 0.4) is 0 Å². The molecule has 1 aliphatic rings. The van der Waals surface area contributed by atoms with E-state index >= 15 is 0 Å². The zero-order valence-corrected chi connectivity index (χ0v) is 14.7. The van der Waals surface area contributed by atoms with E-state index in [-0.39, 0.29) is 23.5 Å². The van der Waals surface area contributed by atoms with Crippen LogP contribution in [0.1, 0.15) is 43.5 Å². The van der Waals surface area contributed by atoms with Crippen molar-refractivity contribution in [3.8, 4) is 0 Å². The molecule has 24 heavy (non-hydrogen) atoms. The molecule has 0 aliphatic heterocycles. The number of carbonyl (C=O) groups excluding carboxylic acids is 2. The van der Waals surface area contributed by atoms with Gasteiger partial charge in [0.1, 0.15) is 0 Å². The zero-order chi connectivity index (χ0) is 17.1. The molecule has 0 unspecified atom stereocenters. The molecule has 0 aromatic carbocycles. The number of nitrogens with one attached hydrogen (secondary N) is 1. The third kappa shape index (κ3) is 3.92. The first kappa shape index (κ1) is 16.9. The number of hydrogen-bond donors (Lipinski definition) is 1. The largest absolute Gasteiger partial charge is 0.295 e. The van der Waals surface area contributed by atoms with Gasteiger partial charge in [-0.3, -0.25) is 14.9 Å². The lowest BCUT2D eigenvalue weighted by Crippen LogP contribution is -2.37. The number of imide groups is 1. The second kappa shape index (κ2) is 7.29. The van der Waals surface area contributed by atoms with Gasteiger partial charge in [0.25, 0.3) is 5.78 Å². The summed E-state index contributed by atoms with van der Waals surface area (Å²) in [5, 5.41) is 7.32. The highest BCUT2D eigenvalue weighted by molar-refractivity contribution is 7.99. The Morgan fingerprint density at radius 2 is 2.00 bits per heavy atom. The third-order valence-corrected chi connectivity index (χ3v) is 5.01. The summed E-state index contributed by atoms with van der Waals surface area (Å²) < 4.78 is 1.65. The van der Waals surface area contributed by atoms with Gasteiger partial charge in [-0.15, -0.1) is 5.10 Å². The van der Waals surface area contributed by atoms with Crippen molar-refractivity contribution in [2.24, 2.45) is 5.92 Å². The topological polar surface area (TPSA) is 89.3 Å². The van der Waals surface area contributed by atoms with Crippen molar-refractivity contribution in [3.63, 3.8) is 0 Å². The first-order chi connectivity index (χ1) is 11.5. The van der Waals surface area contributed by atoms with E-state index in [1.54, 1.807) is 4.52 Å². The number of nitrogens with zero attached hydrogens (tertiary/aromatic N) is 4. The predicted molar refractivity (Wildman–Crippen MR) is 90.7 cm³/mol. The summed E-state index contributed by atoms with van der Waals surface area (Å²) in [6.07, 6.45) is 5.07. The van der Waals surface area contributed by atoms with Crippen LogP contribution in [0.25, 0.3) is 5.78 Å². The van der Waals surface area contributed by atoms with Gasteiger partial charge in [0.2, 0.25) is 17.0 Å². The highest BCUT2D eigenvalue weighted by Crippen LogP contribution is 2.23. The first-order valence-electron chi connectivity index (χ1n) is 8.20. The van der Waals surface area contributed by atoms with Crippen molar-refractivity contribution in [3.05, 3.63) is 17.5 Å². The van der Waals surface area contributed by atoms with E-state index in [0.29, 0.717) is 10.9 Å². The maximum Gasteiger partial charge on any atom is 0.253 e. The van der Waals surface area contributed by atoms with Crippen molar-refractivity contribution < 1.29 is 9.59 Å². The van der Waals surface area contributed by atoms with Gasteiger partial charge in [-0.1, -0.05) is 31.0 Å². The molecule has 2 amide bonds. The average molecular weight is 347 g/mol. The lowest BCUT2D eigenvalue weighted by molar-refractivity contribution is -0.132. The molecule has 8 heteroatoms. The van der Waals surface area contributed by atoms with E-state index < -0.39 is 0 Å². The fraction of sp³-hybridized carbons (Fsp3) is 0.562. The summed E-state index contributed by atoms with van der Waals surface area (Å²) in [6, 6.07) is 1.92. The van der Waals surface area contributed by atoms with E-state index in [9.17, 15) is 9.59 Å². The number of rotatable bonds is 4. The van der Waals surface area contributed by atoms with Crippen LogP contribution in [0.4, 0.5) is 0 Å². The molecule has 1 fully saturated rings. The second-order valence-electron chi connectivity index (χ2n) is 6.18.